The summed E-state index contributed by atoms with van der Waals surface area (Å²) >= 11 is 0. The number of nitrogens with one attached hydrogen (secondary N) is 2. The molecule has 0 aliphatic rings. The maximum atomic E-state index is 5.90. The summed E-state index contributed by atoms with van der Waals surface area (Å²) in [6, 6.07) is 16.2. The van der Waals surface area contributed by atoms with Crippen molar-refractivity contribution in [3.05, 3.63) is 59.7 Å². The van der Waals surface area contributed by atoms with E-state index in [-0.39, 0.29) is 6.10 Å². The highest BCUT2D eigenvalue weighted by atomic mass is 16.5. The van der Waals surface area contributed by atoms with Gasteiger partial charge in [-0.3, -0.25) is 4.99 Å². The highest BCUT2D eigenvalue weighted by molar-refractivity contribution is 5.79. The van der Waals surface area contributed by atoms with Crippen LogP contribution in [0.4, 0.5) is 0 Å². The van der Waals surface area contributed by atoms with Crippen LogP contribution in [0.25, 0.3) is 0 Å². The summed E-state index contributed by atoms with van der Waals surface area (Å²) < 4.78 is 16.9. The smallest absolute Gasteiger partial charge is 0.191 e. The predicted octanol–water partition coefficient (Wildman–Crippen LogP) is 3.93. The molecule has 6 heteroatoms. The van der Waals surface area contributed by atoms with Gasteiger partial charge in [0, 0.05) is 26.7 Å². The van der Waals surface area contributed by atoms with Gasteiger partial charge in [-0.25, -0.2) is 0 Å². The van der Waals surface area contributed by atoms with Crippen molar-refractivity contribution >= 4 is 5.96 Å². The SMILES string of the molecule is CCOc1cc(CNC(=NC)NCCCOC(C)c2ccccc2)ccc1OC. The normalized spacial score (nSPS) is 12.3. The Hall–Kier alpha value is -2.73. The molecule has 0 heterocycles. The van der Waals surface area contributed by atoms with Crippen molar-refractivity contribution in [2.45, 2.75) is 32.9 Å². The van der Waals surface area contributed by atoms with Gasteiger partial charge in [-0.15, -0.1) is 0 Å². The van der Waals surface area contributed by atoms with E-state index < -0.39 is 0 Å². The molecular weight excluding hydrogens is 366 g/mol. The molecule has 0 bridgehead atoms. The van der Waals surface area contributed by atoms with Crippen molar-refractivity contribution in [3.63, 3.8) is 0 Å². The molecule has 2 aromatic carbocycles. The van der Waals surface area contributed by atoms with Crippen LogP contribution in [0.15, 0.2) is 53.5 Å². The number of methoxy groups -OCH3 is 1. The Bertz CT molecular complexity index is 750. The van der Waals surface area contributed by atoms with Crippen molar-refractivity contribution in [2.75, 3.05) is 33.9 Å². The zero-order valence-electron chi connectivity index (χ0n) is 17.9. The van der Waals surface area contributed by atoms with Gasteiger partial charge < -0.3 is 24.8 Å². The Kier molecular flexibility index (Phi) is 9.86. The van der Waals surface area contributed by atoms with E-state index in [4.69, 9.17) is 14.2 Å². The number of hydrogen-bond acceptors (Lipinski definition) is 4. The van der Waals surface area contributed by atoms with E-state index in [0.717, 1.165) is 36.0 Å². The Balaban J connectivity index is 1.71. The molecule has 2 rings (SSSR count). The van der Waals surface area contributed by atoms with Crippen LogP contribution < -0.4 is 20.1 Å². The molecule has 29 heavy (non-hydrogen) atoms. The lowest BCUT2D eigenvalue weighted by atomic mass is 10.1. The highest BCUT2D eigenvalue weighted by Gasteiger charge is 2.07. The third-order valence-corrected chi connectivity index (χ3v) is 4.46. The zero-order chi connectivity index (χ0) is 20.9. The van der Waals surface area contributed by atoms with Gasteiger partial charge in [0.2, 0.25) is 0 Å². The summed E-state index contributed by atoms with van der Waals surface area (Å²) in [6.45, 7) is 6.76. The zero-order valence-corrected chi connectivity index (χ0v) is 17.9. The molecule has 0 aliphatic heterocycles. The third kappa shape index (κ3) is 7.66. The first-order valence-corrected chi connectivity index (χ1v) is 10.1. The molecule has 1 unspecified atom stereocenters. The third-order valence-electron chi connectivity index (χ3n) is 4.46. The number of nitrogens with zero attached hydrogens (tertiary/aromatic N) is 1. The van der Waals surface area contributed by atoms with E-state index in [1.807, 2.05) is 43.3 Å². The molecule has 6 nitrogen and oxygen atoms in total. The minimum absolute atomic E-state index is 0.100. The monoisotopic (exact) mass is 399 g/mol. The maximum absolute atomic E-state index is 5.90. The minimum atomic E-state index is 0.100. The lowest BCUT2D eigenvalue weighted by Gasteiger charge is -2.15. The quantitative estimate of drug-likeness (QED) is 0.341. The van der Waals surface area contributed by atoms with Crippen LogP contribution in [-0.4, -0.2) is 39.9 Å². The van der Waals surface area contributed by atoms with Crippen LogP contribution in [-0.2, 0) is 11.3 Å². The van der Waals surface area contributed by atoms with E-state index in [1.54, 1.807) is 14.2 Å². The first-order valence-electron chi connectivity index (χ1n) is 10.1. The number of ether oxygens (including phenoxy) is 3. The fourth-order valence-electron chi connectivity index (χ4n) is 2.87. The van der Waals surface area contributed by atoms with E-state index in [9.17, 15) is 0 Å². The molecule has 0 aliphatic carbocycles. The van der Waals surface area contributed by atoms with E-state index >= 15 is 0 Å². The van der Waals surface area contributed by atoms with Crippen LogP contribution >= 0.6 is 0 Å². The summed E-state index contributed by atoms with van der Waals surface area (Å²) in [7, 11) is 3.41. The number of guanidine groups is 1. The first-order chi connectivity index (χ1) is 14.2. The fraction of sp³-hybridized carbons (Fsp3) is 0.435. The van der Waals surface area contributed by atoms with Gasteiger partial charge >= 0.3 is 0 Å². The van der Waals surface area contributed by atoms with E-state index in [0.29, 0.717) is 19.8 Å². The molecule has 0 amide bonds. The Labute approximate surface area is 174 Å². The summed E-state index contributed by atoms with van der Waals surface area (Å²) in [6.07, 6.45) is 0.998. The van der Waals surface area contributed by atoms with E-state index in [2.05, 4.69) is 34.7 Å². The van der Waals surface area contributed by atoms with Gasteiger partial charge in [0.15, 0.2) is 17.5 Å². The van der Waals surface area contributed by atoms with Gasteiger partial charge in [-0.1, -0.05) is 36.4 Å². The summed E-state index contributed by atoms with van der Waals surface area (Å²) in [5.74, 6) is 2.25. The number of rotatable bonds is 11. The Morgan fingerprint density at radius 1 is 1.07 bits per heavy atom. The molecule has 0 fully saturated rings. The summed E-state index contributed by atoms with van der Waals surface area (Å²) in [4.78, 5) is 4.27. The molecule has 0 saturated heterocycles. The average molecular weight is 400 g/mol. The van der Waals surface area contributed by atoms with Crippen LogP contribution in [0.5, 0.6) is 11.5 Å². The topological polar surface area (TPSA) is 64.1 Å². The van der Waals surface area contributed by atoms with Crippen molar-refractivity contribution in [2.24, 2.45) is 4.99 Å². The van der Waals surface area contributed by atoms with Gasteiger partial charge in [0.05, 0.1) is 19.8 Å². The average Bonchev–Trinajstić information content (AvgIpc) is 2.76. The lowest BCUT2D eigenvalue weighted by Crippen LogP contribution is -2.37. The van der Waals surface area contributed by atoms with Crippen LogP contribution in [0.1, 0.15) is 37.5 Å². The second-order valence-electron chi connectivity index (χ2n) is 6.55. The second kappa shape index (κ2) is 12.7. The second-order valence-corrected chi connectivity index (χ2v) is 6.55. The Morgan fingerprint density at radius 3 is 2.55 bits per heavy atom. The molecule has 0 radical (unpaired) electrons. The van der Waals surface area contributed by atoms with E-state index in [1.165, 1.54) is 5.56 Å². The number of aliphatic imine (C=N–C) groups is 1. The summed E-state index contributed by atoms with van der Waals surface area (Å²) in [5.41, 5.74) is 2.29. The molecule has 2 aromatic rings. The highest BCUT2D eigenvalue weighted by Crippen LogP contribution is 2.27. The largest absolute Gasteiger partial charge is 0.493 e. The standard InChI is InChI=1S/C23H33N3O3/c1-5-28-22-16-19(12-13-21(22)27-4)17-26-23(24-3)25-14-9-15-29-18(2)20-10-7-6-8-11-20/h6-8,10-13,16,18H,5,9,14-15,17H2,1-4H3,(H2,24,25,26). The molecule has 0 aromatic heterocycles. The maximum Gasteiger partial charge on any atom is 0.191 e. The predicted molar refractivity (Wildman–Crippen MR) is 118 cm³/mol. The first kappa shape index (κ1) is 22.6. The van der Waals surface area contributed by atoms with Crippen molar-refractivity contribution in [1.82, 2.24) is 10.6 Å². The molecule has 158 valence electrons. The molecule has 0 spiro atoms. The van der Waals surface area contributed by atoms with Gasteiger partial charge in [0.25, 0.3) is 0 Å². The molecule has 2 N–H and O–H groups in total. The molecule has 0 saturated carbocycles. The van der Waals surface area contributed by atoms with Crippen LogP contribution in [0, 0.1) is 0 Å². The Morgan fingerprint density at radius 2 is 1.86 bits per heavy atom. The van der Waals surface area contributed by atoms with Crippen molar-refractivity contribution in [1.29, 1.82) is 0 Å². The van der Waals surface area contributed by atoms with Crippen LogP contribution in [0.3, 0.4) is 0 Å². The van der Waals surface area contributed by atoms with Crippen molar-refractivity contribution < 1.29 is 14.2 Å². The molecule has 1 atom stereocenters. The van der Waals surface area contributed by atoms with Crippen LogP contribution in [0.2, 0.25) is 0 Å². The fourth-order valence-corrected chi connectivity index (χ4v) is 2.87. The van der Waals surface area contributed by atoms with Crippen molar-refractivity contribution in [3.8, 4) is 11.5 Å². The summed E-state index contributed by atoms with van der Waals surface area (Å²) in [5, 5.41) is 6.64. The van der Waals surface area contributed by atoms with Gasteiger partial charge in [0.1, 0.15) is 0 Å². The number of benzene rings is 2. The molecular formula is C23H33N3O3. The number of hydrogen-bond donors (Lipinski definition) is 2. The van der Waals surface area contributed by atoms with Gasteiger partial charge in [-0.2, -0.15) is 0 Å². The minimum Gasteiger partial charge on any atom is -0.493 e. The lowest BCUT2D eigenvalue weighted by molar-refractivity contribution is 0.0646. The van der Waals surface area contributed by atoms with Gasteiger partial charge in [-0.05, 0) is 43.5 Å².